The van der Waals surface area contributed by atoms with Crippen molar-refractivity contribution in [3.63, 3.8) is 0 Å². The molecule has 7 heteroatoms. The molecular weight excluding hydrogens is 405 g/mol. The van der Waals surface area contributed by atoms with Gasteiger partial charge in [0.2, 0.25) is 0 Å². The summed E-state index contributed by atoms with van der Waals surface area (Å²) in [4.78, 5) is 2.30. The van der Waals surface area contributed by atoms with Crippen LogP contribution in [-0.4, -0.2) is 39.2 Å². The van der Waals surface area contributed by atoms with E-state index in [9.17, 15) is 0 Å². The Kier molecular flexibility index (Phi) is 6.71. The van der Waals surface area contributed by atoms with Crippen molar-refractivity contribution in [2.45, 2.75) is 64.5 Å². The molecule has 1 heterocycles. The fourth-order valence-corrected chi connectivity index (χ4v) is 4.73. The number of hydrogen-bond donors (Lipinski definition) is 0. The molecule has 0 spiro atoms. The monoisotopic (exact) mass is 435 g/mol. The van der Waals surface area contributed by atoms with Crippen LogP contribution in [0.3, 0.4) is 0 Å². The molecule has 1 aliphatic carbocycles. The lowest BCUT2D eigenvalue weighted by Gasteiger charge is -2.43. The number of nitrogens with zero attached hydrogens (tertiary/aromatic N) is 5. The molecule has 1 fully saturated rings. The first-order chi connectivity index (χ1) is 13.6. The lowest BCUT2D eigenvalue weighted by Crippen LogP contribution is -2.46. The van der Waals surface area contributed by atoms with Crippen molar-refractivity contribution in [1.29, 1.82) is 0 Å². The Labute approximate surface area is 184 Å². The summed E-state index contributed by atoms with van der Waals surface area (Å²) < 4.78 is 2.02. The van der Waals surface area contributed by atoms with E-state index < -0.39 is 0 Å². The number of aromatic nitrogens is 4. The molecule has 0 saturated heterocycles. The molecule has 0 bridgehead atoms. The van der Waals surface area contributed by atoms with E-state index in [1.54, 1.807) is 6.07 Å². The Morgan fingerprint density at radius 2 is 1.83 bits per heavy atom. The molecule has 158 valence electrons. The highest BCUT2D eigenvalue weighted by atomic mass is 35.5. The Morgan fingerprint density at radius 1 is 1.14 bits per heavy atom. The molecule has 1 aliphatic rings. The van der Waals surface area contributed by atoms with Crippen LogP contribution < -0.4 is 0 Å². The summed E-state index contributed by atoms with van der Waals surface area (Å²) in [6, 6.07) is 5.53. The van der Waals surface area contributed by atoms with E-state index in [0.717, 1.165) is 24.2 Å². The van der Waals surface area contributed by atoms with Crippen LogP contribution in [0.4, 0.5) is 0 Å². The number of allylic oxidation sites excluding steroid dienone is 1. The fourth-order valence-electron chi connectivity index (χ4n) is 4.26. The van der Waals surface area contributed by atoms with E-state index in [4.69, 9.17) is 23.2 Å². The zero-order valence-corrected chi connectivity index (χ0v) is 19.5. The Hall–Kier alpha value is -1.43. The number of halogens is 2. The minimum absolute atomic E-state index is 0.0157. The summed E-state index contributed by atoms with van der Waals surface area (Å²) in [5.41, 5.74) is 0.721. The standard InChI is InChI=1S/C22H31Cl2N5/c1-21(2,3)19(12-10-16-9-11-17(23)15-18(16)24)29-20(25-26-27-29)22(28(4)5)13-7-6-8-14-22/h9-12,15,19H,6-8,13-14H2,1-5H3/b12-10+/t19-/m1/s1. The molecular formula is C22H31Cl2N5. The highest BCUT2D eigenvalue weighted by Crippen LogP contribution is 2.42. The lowest BCUT2D eigenvalue weighted by atomic mass is 9.79. The Morgan fingerprint density at radius 3 is 2.41 bits per heavy atom. The molecule has 29 heavy (non-hydrogen) atoms. The number of benzene rings is 1. The van der Waals surface area contributed by atoms with E-state index in [-0.39, 0.29) is 17.0 Å². The van der Waals surface area contributed by atoms with Crippen molar-refractivity contribution in [1.82, 2.24) is 25.1 Å². The second-order valence-electron chi connectivity index (χ2n) is 9.27. The van der Waals surface area contributed by atoms with E-state index in [1.807, 2.05) is 22.9 Å². The zero-order chi connectivity index (χ0) is 21.2. The van der Waals surface area contributed by atoms with Crippen molar-refractivity contribution in [3.05, 3.63) is 45.7 Å². The van der Waals surface area contributed by atoms with Gasteiger partial charge in [0.05, 0.1) is 11.6 Å². The van der Waals surface area contributed by atoms with E-state index in [2.05, 4.69) is 61.4 Å². The van der Waals surface area contributed by atoms with Gasteiger partial charge < -0.3 is 0 Å². The summed E-state index contributed by atoms with van der Waals surface area (Å²) in [5, 5.41) is 14.4. The number of tetrazole rings is 1. The second-order valence-corrected chi connectivity index (χ2v) is 10.1. The molecule has 0 amide bonds. The first-order valence-corrected chi connectivity index (χ1v) is 11.0. The van der Waals surface area contributed by atoms with Gasteiger partial charge >= 0.3 is 0 Å². The summed E-state index contributed by atoms with van der Waals surface area (Å²) in [6.45, 7) is 6.63. The zero-order valence-electron chi connectivity index (χ0n) is 18.0. The molecule has 0 unspecified atom stereocenters. The molecule has 1 saturated carbocycles. The number of hydrogen-bond acceptors (Lipinski definition) is 4. The molecule has 0 N–H and O–H groups in total. The van der Waals surface area contributed by atoms with Gasteiger partial charge in [-0.1, -0.05) is 81.5 Å². The highest BCUT2D eigenvalue weighted by molar-refractivity contribution is 6.35. The normalized spacial score (nSPS) is 18.5. The number of rotatable bonds is 5. The molecule has 1 atom stereocenters. The molecule has 5 nitrogen and oxygen atoms in total. The molecule has 1 aromatic carbocycles. The van der Waals surface area contributed by atoms with Gasteiger partial charge in [-0.15, -0.1) is 5.10 Å². The lowest BCUT2D eigenvalue weighted by molar-refractivity contribution is 0.0783. The van der Waals surface area contributed by atoms with Crippen LogP contribution >= 0.6 is 23.2 Å². The second kappa shape index (κ2) is 8.75. The van der Waals surface area contributed by atoms with Gasteiger partial charge in [-0.2, -0.15) is 0 Å². The van der Waals surface area contributed by atoms with Crippen molar-refractivity contribution < 1.29 is 0 Å². The maximum absolute atomic E-state index is 6.38. The SMILES string of the molecule is CN(C)C1(c2nnnn2[C@H](/C=C/c2ccc(Cl)cc2Cl)C(C)(C)C)CCCCC1. The first kappa shape index (κ1) is 22.3. The van der Waals surface area contributed by atoms with Crippen LogP contribution in [0.15, 0.2) is 24.3 Å². The fraction of sp³-hybridized carbons (Fsp3) is 0.591. The smallest absolute Gasteiger partial charge is 0.172 e. The van der Waals surface area contributed by atoms with Gasteiger partial charge in [-0.05, 0) is 60.5 Å². The largest absolute Gasteiger partial charge is 0.297 e. The van der Waals surface area contributed by atoms with Gasteiger partial charge in [0.1, 0.15) is 0 Å². The Balaban J connectivity index is 2.03. The third-order valence-electron chi connectivity index (χ3n) is 6.02. The quantitative estimate of drug-likeness (QED) is 0.577. The maximum Gasteiger partial charge on any atom is 0.172 e. The van der Waals surface area contributed by atoms with E-state index in [0.29, 0.717) is 10.0 Å². The van der Waals surface area contributed by atoms with Crippen LogP contribution in [0.2, 0.25) is 10.0 Å². The molecule has 2 aromatic rings. The first-order valence-electron chi connectivity index (χ1n) is 10.2. The van der Waals surface area contributed by atoms with Gasteiger partial charge in [-0.3, -0.25) is 4.90 Å². The van der Waals surface area contributed by atoms with Gasteiger partial charge in [-0.25, -0.2) is 4.68 Å². The van der Waals surface area contributed by atoms with Gasteiger partial charge in [0, 0.05) is 10.0 Å². The van der Waals surface area contributed by atoms with Crippen molar-refractivity contribution >= 4 is 29.3 Å². The van der Waals surface area contributed by atoms with E-state index in [1.165, 1.54) is 19.3 Å². The van der Waals surface area contributed by atoms with Crippen molar-refractivity contribution in [2.24, 2.45) is 5.41 Å². The summed E-state index contributed by atoms with van der Waals surface area (Å²) in [7, 11) is 4.28. The van der Waals surface area contributed by atoms with Crippen molar-refractivity contribution in [2.75, 3.05) is 14.1 Å². The minimum atomic E-state index is -0.128. The van der Waals surface area contributed by atoms with Crippen LogP contribution in [-0.2, 0) is 5.54 Å². The third-order valence-corrected chi connectivity index (χ3v) is 6.58. The van der Waals surface area contributed by atoms with Crippen LogP contribution in [0.5, 0.6) is 0 Å². The molecule has 3 rings (SSSR count). The van der Waals surface area contributed by atoms with Gasteiger partial charge in [0.25, 0.3) is 0 Å². The summed E-state index contributed by atoms with van der Waals surface area (Å²) in [6.07, 6.45) is 10.0. The Bertz CT molecular complexity index is 860. The summed E-state index contributed by atoms with van der Waals surface area (Å²) in [5.74, 6) is 0.953. The van der Waals surface area contributed by atoms with Crippen LogP contribution in [0.1, 0.15) is 70.3 Å². The maximum atomic E-state index is 6.38. The molecule has 1 aromatic heterocycles. The summed E-state index contributed by atoms with van der Waals surface area (Å²) >= 11 is 12.4. The highest BCUT2D eigenvalue weighted by Gasteiger charge is 2.42. The van der Waals surface area contributed by atoms with Gasteiger partial charge in [0.15, 0.2) is 5.82 Å². The predicted octanol–water partition coefficient (Wildman–Crippen LogP) is 6.00. The van der Waals surface area contributed by atoms with E-state index >= 15 is 0 Å². The van der Waals surface area contributed by atoms with Crippen LogP contribution in [0, 0.1) is 5.41 Å². The van der Waals surface area contributed by atoms with Crippen molar-refractivity contribution in [3.8, 4) is 0 Å². The molecule has 0 aliphatic heterocycles. The average molecular weight is 436 g/mol. The average Bonchev–Trinajstić information content (AvgIpc) is 3.12. The predicted molar refractivity (Wildman–Crippen MR) is 120 cm³/mol. The topological polar surface area (TPSA) is 46.8 Å². The minimum Gasteiger partial charge on any atom is -0.297 e. The molecule has 0 radical (unpaired) electrons. The third kappa shape index (κ3) is 4.68. The van der Waals surface area contributed by atoms with Crippen LogP contribution in [0.25, 0.3) is 6.08 Å².